The molecule has 1 radical (unpaired) electrons. The summed E-state index contributed by atoms with van der Waals surface area (Å²) in [6.45, 7) is 0. The molecule has 1 nitrogen and oxygen atoms in total. The molecule has 0 aromatic heterocycles. The van der Waals surface area contributed by atoms with E-state index in [9.17, 15) is 8.78 Å². The normalized spacial score (nSPS) is 9.50. The summed E-state index contributed by atoms with van der Waals surface area (Å²) in [7, 11) is 1.32. The minimum Gasteiger partial charge on any atom is -0.496 e. The zero-order valence-corrected chi connectivity index (χ0v) is 5.32. The maximum absolute atomic E-state index is 12.3. The average molecular weight is 143 g/mol. The Hall–Kier alpha value is -1.12. The molecule has 0 N–H and O–H groups in total. The number of benzene rings is 1. The van der Waals surface area contributed by atoms with Gasteiger partial charge in [0.1, 0.15) is 17.4 Å². The van der Waals surface area contributed by atoms with Crippen LogP contribution in [-0.2, 0) is 0 Å². The largest absolute Gasteiger partial charge is 0.496 e. The van der Waals surface area contributed by atoms with Crippen molar-refractivity contribution in [2.24, 2.45) is 0 Å². The molecule has 0 atom stereocenters. The van der Waals surface area contributed by atoms with Crippen LogP contribution < -0.4 is 4.74 Å². The Balaban J connectivity index is 3.06. The van der Waals surface area contributed by atoms with Crippen LogP contribution in [0, 0.1) is 17.7 Å². The molecular weight excluding hydrogens is 138 g/mol. The topological polar surface area (TPSA) is 9.23 Å². The van der Waals surface area contributed by atoms with Crippen molar-refractivity contribution in [1.29, 1.82) is 0 Å². The molecule has 0 bridgehead atoms. The molecule has 0 aliphatic heterocycles. The van der Waals surface area contributed by atoms with Gasteiger partial charge in [0.25, 0.3) is 0 Å². The highest BCUT2D eigenvalue weighted by atomic mass is 19.1. The van der Waals surface area contributed by atoms with Gasteiger partial charge < -0.3 is 4.74 Å². The standard InChI is InChI=1S/C7H5F2O/c1-10-7-3-5(8)2-6(9)4-7/h2-3H,1H3. The first-order valence-corrected chi connectivity index (χ1v) is 2.65. The zero-order valence-electron chi connectivity index (χ0n) is 5.32. The summed E-state index contributed by atoms with van der Waals surface area (Å²) in [5.41, 5.74) is 0. The quantitative estimate of drug-likeness (QED) is 0.582. The first kappa shape index (κ1) is 6.99. The van der Waals surface area contributed by atoms with Crippen molar-refractivity contribution in [3.63, 3.8) is 0 Å². The lowest BCUT2D eigenvalue weighted by Gasteiger charge is -1.97. The molecular formula is C7H5F2O. The van der Waals surface area contributed by atoms with E-state index in [1.165, 1.54) is 7.11 Å². The van der Waals surface area contributed by atoms with Gasteiger partial charge >= 0.3 is 0 Å². The van der Waals surface area contributed by atoms with Gasteiger partial charge in [-0.05, 0) is 0 Å². The van der Waals surface area contributed by atoms with Crippen molar-refractivity contribution in [3.05, 3.63) is 29.8 Å². The van der Waals surface area contributed by atoms with Gasteiger partial charge in [0.05, 0.1) is 13.2 Å². The number of methoxy groups -OCH3 is 1. The number of halogens is 2. The molecule has 1 aromatic rings. The fourth-order valence-corrected chi connectivity index (χ4v) is 0.588. The number of hydrogen-bond donors (Lipinski definition) is 0. The Morgan fingerprint density at radius 2 is 2.10 bits per heavy atom. The summed E-state index contributed by atoms with van der Waals surface area (Å²) in [4.78, 5) is 0. The molecule has 0 unspecified atom stereocenters. The summed E-state index contributed by atoms with van der Waals surface area (Å²) < 4.78 is 29.1. The van der Waals surface area contributed by atoms with Crippen LogP contribution in [0.3, 0.4) is 0 Å². The number of hydrogen-bond acceptors (Lipinski definition) is 1. The monoisotopic (exact) mass is 143 g/mol. The van der Waals surface area contributed by atoms with E-state index in [1.807, 2.05) is 0 Å². The third kappa shape index (κ3) is 1.43. The molecule has 1 rings (SSSR count). The van der Waals surface area contributed by atoms with E-state index in [-0.39, 0.29) is 5.75 Å². The Morgan fingerprint density at radius 1 is 1.40 bits per heavy atom. The van der Waals surface area contributed by atoms with Gasteiger partial charge in [-0.15, -0.1) is 0 Å². The van der Waals surface area contributed by atoms with E-state index >= 15 is 0 Å². The zero-order chi connectivity index (χ0) is 7.56. The first-order chi connectivity index (χ1) is 4.72. The van der Waals surface area contributed by atoms with E-state index in [1.54, 1.807) is 0 Å². The van der Waals surface area contributed by atoms with E-state index in [0.29, 0.717) is 0 Å². The fourth-order valence-electron chi connectivity index (χ4n) is 0.588. The van der Waals surface area contributed by atoms with Crippen molar-refractivity contribution < 1.29 is 13.5 Å². The molecule has 0 saturated heterocycles. The van der Waals surface area contributed by atoms with Crippen LogP contribution >= 0.6 is 0 Å². The van der Waals surface area contributed by atoms with E-state index in [4.69, 9.17) is 0 Å². The van der Waals surface area contributed by atoms with Gasteiger partial charge in [0, 0.05) is 12.1 Å². The summed E-state index contributed by atoms with van der Waals surface area (Å²) in [5, 5.41) is 0. The third-order valence-corrected chi connectivity index (χ3v) is 0.996. The number of rotatable bonds is 1. The Morgan fingerprint density at radius 3 is 2.60 bits per heavy atom. The van der Waals surface area contributed by atoms with Crippen LogP contribution in [0.4, 0.5) is 8.78 Å². The van der Waals surface area contributed by atoms with Crippen LogP contribution in [0.25, 0.3) is 0 Å². The van der Waals surface area contributed by atoms with Crippen molar-refractivity contribution in [2.45, 2.75) is 0 Å². The van der Waals surface area contributed by atoms with Gasteiger partial charge in [0.15, 0.2) is 0 Å². The van der Waals surface area contributed by atoms with Crippen molar-refractivity contribution >= 4 is 0 Å². The fraction of sp³-hybridized carbons (Fsp3) is 0.143. The number of ether oxygens (including phenoxy) is 1. The SMILES string of the molecule is COc1[c]c(F)cc(F)c1. The molecule has 1 aromatic carbocycles. The maximum Gasteiger partial charge on any atom is 0.137 e. The Labute approximate surface area is 57.2 Å². The molecule has 0 aliphatic rings. The molecule has 0 saturated carbocycles. The second kappa shape index (κ2) is 2.64. The Bertz CT molecular complexity index is 215. The minimum absolute atomic E-state index is 0.0671. The first-order valence-electron chi connectivity index (χ1n) is 2.65. The van der Waals surface area contributed by atoms with E-state index in [0.717, 1.165) is 12.1 Å². The molecule has 0 spiro atoms. The lowest BCUT2D eigenvalue weighted by atomic mass is 10.3. The molecule has 53 valence electrons. The van der Waals surface area contributed by atoms with Crippen LogP contribution in [0.5, 0.6) is 5.75 Å². The maximum atomic E-state index is 12.3. The van der Waals surface area contributed by atoms with Gasteiger partial charge in [-0.3, -0.25) is 0 Å². The van der Waals surface area contributed by atoms with Crippen LogP contribution in [0.1, 0.15) is 0 Å². The van der Waals surface area contributed by atoms with Crippen LogP contribution in [0.2, 0.25) is 0 Å². The summed E-state index contributed by atoms with van der Waals surface area (Å²) >= 11 is 0. The third-order valence-electron chi connectivity index (χ3n) is 0.996. The molecule has 3 heteroatoms. The molecule has 0 fully saturated rings. The average Bonchev–Trinajstić information content (AvgIpc) is 1.85. The molecule has 0 aliphatic carbocycles. The summed E-state index contributed by atoms with van der Waals surface area (Å²) in [6.07, 6.45) is 0. The molecule has 0 heterocycles. The lowest BCUT2D eigenvalue weighted by molar-refractivity contribution is 0.405. The molecule has 10 heavy (non-hydrogen) atoms. The van der Waals surface area contributed by atoms with Crippen LogP contribution in [-0.4, -0.2) is 7.11 Å². The lowest BCUT2D eigenvalue weighted by Crippen LogP contribution is -1.86. The highest BCUT2D eigenvalue weighted by molar-refractivity contribution is 5.21. The smallest absolute Gasteiger partial charge is 0.137 e. The predicted molar refractivity (Wildman–Crippen MR) is 31.7 cm³/mol. The van der Waals surface area contributed by atoms with Crippen molar-refractivity contribution in [2.75, 3.05) is 7.11 Å². The van der Waals surface area contributed by atoms with Gasteiger partial charge in [-0.2, -0.15) is 0 Å². The molecule has 0 amide bonds. The summed E-state index contributed by atoms with van der Waals surface area (Å²) in [6, 6.07) is 3.97. The predicted octanol–water partition coefficient (Wildman–Crippen LogP) is 1.77. The second-order valence-electron chi connectivity index (χ2n) is 1.71. The van der Waals surface area contributed by atoms with E-state index < -0.39 is 11.6 Å². The summed E-state index contributed by atoms with van der Waals surface area (Å²) in [5.74, 6) is -1.34. The minimum atomic E-state index is -0.753. The van der Waals surface area contributed by atoms with E-state index in [2.05, 4.69) is 10.8 Å². The van der Waals surface area contributed by atoms with Crippen molar-refractivity contribution in [1.82, 2.24) is 0 Å². The van der Waals surface area contributed by atoms with Crippen LogP contribution in [0.15, 0.2) is 12.1 Å². The van der Waals surface area contributed by atoms with Crippen molar-refractivity contribution in [3.8, 4) is 5.75 Å². The van der Waals surface area contributed by atoms with Gasteiger partial charge in [-0.25, -0.2) is 8.78 Å². The second-order valence-corrected chi connectivity index (χ2v) is 1.71. The Kier molecular flexibility index (Phi) is 1.85. The van der Waals surface area contributed by atoms with Gasteiger partial charge in [-0.1, -0.05) is 0 Å². The highest BCUT2D eigenvalue weighted by Crippen LogP contribution is 2.12. The van der Waals surface area contributed by atoms with Gasteiger partial charge in [0.2, 0.25) is 0 Å². The highest BCUT2D eigenvalue weighted by Gasteiger charge is 1.98.